The van der Waals surface area contributed by atoms with Gasteiger partial charge in [0.25, 0.3) is 5.91 Å². The summed E-state index contributed by atoms with van der Waals surface area (Å²) < 4.78 is 13.3. The van der Waals surface area contributed by atoms with Crippen LogP contribution in [0.3, 0.4) is 0 Å². The standard InChI is InChI=1S/C21H17ClFNOS2/c1-2-9-24(16-6-4-15(23)5-7-16)21(25)19-10-13-12-26-18-11-14(22)3-8-17(18)20(13)27-19/h3-8,10-11H,2,9,12H2,1H3. The molecule has 0 bridgehead atoms. The Labute approximate surface area is 171 Å². The van der Waals surface area contributed by atoms with Crippen LogP contribution in [-0.2, 0) is 5.75 Å². The molecule has 0 radical (unpaired) electrons. The van der Waals surface area contributed by atoms with E-state index in [9.17, 15) is 9.18 Å². The number of hydrogen-bond acceptors (Lipinski definition) is 3. The van der Waals surface area contributed by atoms with Crippen LogP contribution in [0.4, 0.5) is 10.1 Å². The predicted molar refractivity (Wildman–Crippen MR) is 113 cm³/mol. The van der Waals surface area contributed by atoms with E-state index < -0.39 is 0 Å². The molecule has 0 atom stereocenters. The molecule has 1 aliphatic rings. The van der Waals surface area contributed by atoms with E-state index in [-0.39, 0.29) is 11.7 Å². The smallest absolute Gasteiger partial charge is 0.268 e. The van der Waals surface area contributed by atoms with E-state index in [0.717, 1.165) is 38.2 Å². The van der Waals surface area contributed by atoms with Crippen molar-refractivity contribution in [1.29, 1.82) is 0 Å². The number of rotatable bonds is 4. The number of amides is 1. The van der Waals surface area contributed by atoms with E-state index in [1.165, 1.54) is 29.0 Å². The molecule has 138 valence electrons. The van der Waals surface area contributed by atoms with Crippen LogP contribution < -0.4 is 4.90 Å². The molecule has 1 aromatic heterocycles. The Bertz CT molecular complexity index is 1000. The van der Waals surface area contributed by atoms with Gasteiger partial charge in [-0.25, -0.2) is 4.39 Å². The molecule has 3 aromatic rings. The maximum absolute atomic E-state index is 13.3. The first kappa shape index (κ1) is 18.5. The highest BCUT2D eigenvalue weighted by Gasteiger charge is 2.25. The maximum Gasteiger partial charge on any atom is 0.268 e. The molecular weight excluding hydrogens is 401 g/mol. The Hall–Kier alpha value is -1.82. The summed E-state index contributed by atoms with van der Waals surface area (Å²) in [5, 5.41) is 0.725. The van der Waals surface area contributed by atoms with Gasteiger partial charge < -0.3 is 4.90 Å². The van der Waals surface area contributed by atoms with Crippen molar-refractivity contribution in [1.82, 2.24) is 0 Å². The molecule has 27 heavy (non-hydrogen) atoms. The van der Waals surface area contributed by atoms with Crippen LogP contribution in [0, 0.1) is 5.82 Å². The number of benzene rings is 2. The molecule has 2 aromatic carbocycles. The Morgan fingerprint density at radius 3 is 2.70 bits per heavy atom. The molecule has 2 heterocycles. The summed E-state index contributed by atoms with van der Waals surface area (Å²) in [5.74, 6) is 0.487. The molecule has 1 amide bonds. The molecule has 0 saturated heterocycles. The molecule has 0 aliphatic carbocycles. The minimum absolute atomic E-state index is 0.0385. The number of thioether (sulfide) groups is 1. The van der Waals surface area contributed by atoms with Crippen LogP contribution in [0.5, 0.6) is 0 Å². The predicted octanol–water partition coefficient (Wildman–Crippen LogP) is 6.87. The van der Waals surface area contributed by atoms with Crippen molar-refractivity contribution in [3.63, 3.8) is 0 Å². The zero-order chi connectivity index (χ0) is 19.0. The first-order valence-corrected chi connectivity index (χ1v) is 10.9. The molecule has 1 aliphatic heterocycles. The van der Waals surface area contributed by atoms with E-state index in [4.69, 9.17) is 11.6 Å². The van der Waals surface area contributed by atoms with E-state index in [1.54, 1.807) is 28.8 Å². The van der Waals surface area contributed by atoms with Crippen molar-refractivity contribution in [2.24, 2.45) is 0 Å². The third-order valence-corrected chi connectivity index (χ3v) is 6.96. The van der Waals surface area contributed by atoms with Gasteiger partial charge in [0, 0.05) is 38.3 Å². The fourth-order valence-electron chi connectivity index (χ4n) is 3.15. The van der Waals surface area contributed by atoms with Crippen LogP contribution in [-0.4, -0.2) is 12.5 Å². The van der Waals surface area contributed by atoms with E-state index in [2.05, 4.69) is 0 Å². The summed E-state index contributed by atoms with van der Waals surface area (Å²) in [7, 11) is 0. The van der Waals surface area contributed by atoms with E-state index in [1.807, 2.05) is 31.2 Å². The maximum atomic E-state index is 13.3. The normalized spacial score (nSPS) is 12.4. The SMILES string of the molecule is CCCN(C(=O)c1cc2c(s1)-c1ccc(Cl)cc1SC2)c1ccc(F)cc1. The van der Waals surface area contributed by atoms with Crippen molar-refractivity contribution in [2.75, 3.05) is 11.4 Å². The number of fused-ring (bicyclic) bond motifs is 3. The molecule has 6 heteroatoms. The second-order valence-electron chi connectivity index (χ2n) is 6.33. The Balaban J connectivity index is 1.70. The number of nitrogens with zero attached hydrogens (tertiary/aromatic N) is 1. The zero-order valence-corrected chi connectivity index (χ0v) is 17.1. The second-order valence-corrected chi connectivity index (χ2v) is 8.83. The molecule has 0 N–H and O–H groups in total. The van der Waals surface area contributed by atoms with Crippen molar-refractivity contribution in [3.8, 4) is 10.4 Å². The quantitative estimate of drug-likeness (QED) is 0.461. The lowest BCUT2D eigenvalue weighted by Gasteiger charge is -2.21. The number of carbonyl (C=O) groups excluding carboxylic acids is 1. The van der Waals surface area contributed by atoms with Crippen LogP contribution in [0.1, 0.15) is 28.6 Å². The minimum Gasteiger partial charge on any atom is -0.308 e. The van der Waals surface area contributed by atoms with Crippen LogP contribution >= 0.6 is 34.7 Å². The second kappa shape index (κ2) is 7.66. The average Bonchev–Trinajstić information content (AvgIpc) is 3.11. The fraction of sp³-hybridized carbons (Fsp3) is 0.190. The monoisotopic (exact) mass is 417 g/mol. The van der Waals surface area contributed by atoms with Gasteiger partial charge in [-0.05, 0) is 54.4 Å². The van der Waals surface area contributed by atoms with Gasteiger partial charge in [-0.1, -0.05) is 24.6 Å². The Morgan fingerprint density at radius 1 is 1.19 bits per heavy atom. The molecule has 0 fully saturated rings. The lowest BCUT2D eigenvalue weighted by molar-refractivity contribution is 0.0990. The highest BCUT2D eigenvalue weighted by Crippen LogP contribution is 2.46. The first-order valence-electron chi connectivity index (χ1n) is 8.69. The number of halogens is 2. The van der Waals surface area contributed by atoms with Gasteiger partial charge in [0.15, 0.2) is 0 Å². The third kappa shape index (κ3) is 3.64. The van der Waals surface area contributed by atoms with E-state index in [0.29, 0.717) is 11.4 Å². The summed E-state index contributed by atoms with van der Waals surface area (Å²) >= 11 is 9.38. The molecule has 4 rings (SSSR count). The van der Waals surface area contributed by atoms with Crippen LogP contribution in [0.15, 0.2) is 53.4 Å². The van der Waals surface area contributed by atoms with Gasteiger partial charge in [0.05, 0.1) is 4.88 Å². The van der Waals surface area contributed by atoms with Gasteiger partial charge in [-0.2, -0.15) is 0 Å². The topological polar surface area (TPSA) is 20.3 Å². The van der Waals surface area contributed by atoms with Crippen LogP contribution in [0.25, 0.3) is 10.4 Å². The molecular formula is C21H17ClFNOS2. The highest BCUT2D eigenvalue weighted by atomic mass is 35.5. The largest absolute Gasteiger partial charge is 0.308 e. The van der Waals surface area contributed by atoms with Crippen molar-refractivity contribution in [3.05, 3.63) is 69.8 Å². The summed E-state index contributed by atoms with van der Waals surface area (Å²) in [4.78, 5) is 17.9. The van der Waals surface area contributed by atoms with Gasteiger partial charge in [0.1, 0.15) is 5.82 Å². The van der Waals surface area contributed by atoms with Gasteiger partial charge in [0.2, 0.25) is 0 Å². The molecule has 0 unspecified atom stereocenters. The van der Waals surface area contributed by atoms with Crippen molar-refractivity contribution < 1.29 is 9.18 Å². The first-order chi connectivity index (χ1) is 13.1. The van der Waals surface area contributed by atoms with Gasteiger partial charge in [-0.15, -0.1) is 23.1 Å². The molecule has 0 spiro atoms. The number of hydrogen-bond donors (Lipinski definition) is 0. The number of anilines is 1. The van der Waals surface area contributed by atoms with Crippen LogP contribution in [0.2, 0.25) is 5.02 Å². The number of carbonyl (C=O) groups is 1. The summed E-state index contributed by atoms with van der Waals surface area (Å²) in [6, 6.07) is 14.0. The summed E-state index contributed by atoms with van der Waals surface area (Å²) in [6.07, 6.45) is 0.825. The zero-order valence-electron chi connectivity index (χ0n) is 14.7. The van der Waals surface area contributed by atoms with Gasteiger partial charge >= 0.3 is 0 Å². The third-order valence-electron chi connectivity index (χ3n) is 4.42. The lowest BCUT2D eigenvalue weighted by Crippen LogP contribution is -2.31. The Morgan fingerprint density at radius 2 is 1.96 bits per heavy atom. The van der Waals surface area contributed by atoms with E-state index >= 15 is 0 Å². The Kier molecular flexibility index (Phi) is 5.26. The molecule has 2 nitrogen and oxygen atoms in total. The number of thiophene rings is 1. The fourth-order valence-corrected chi connectivity index (χ4v) is 5.79. The van der Waals surface area contributed by atoms with Crippen molar-refractivity contribution in [2.45, 2.75) is 24.0 Å². The summed E-state index contributed by atoms with van der Waals surface area (Å²) in [6.45, 7) is 2.62. The lowest BCUT2D eigenvalue weighted by atomic mass is 10.1. The highest BCUT2D eigenvalue weighted by molar-refractivity contribution is 7.98. The minimum atomic E-state index is -0.304. The summed E-state index contributed by atoms with van der Waals surface area (Å²) in [5.41, 5.74) is 3.04. The van der Waals surface area contributed by atoms with Gasteiger partial charge in [-0.3, -0.25) is 4.79 Å². The average molecular weight is 418 g/mol. The molecule has 0 saturated carbocycles. The van der Waals surface area contributed by atoms with Crippen molar-refractivity contribution >= 4 is 46.3 Å².